The number of carbonyl (C=O) groups excluding carboxylic acids is 1. The Morgan fingerprint density at radius 3 is 2.67 bits per heavy atom. The molecule has 0 radical (unpaired) electrons. The van der Waals surface area contributed by atoms with Gasteiger partial charge in [-0.1, -0.05) is 25.1 Å². The number of amides is 1. The van der Waals surface area contributed by atoms with Gasteiger partial charge >= 0.3 is 0 Å². The standard InChI is InChI=1S/C16H24FN3O/c1-3-8-20(14-9-18-10-14)12-16(21)19(2)11-13-6-4-5-7-15(13)17/h4-7,14,18H,3,8-12H2,1-2H3. The highest BCUT2D eigenvalue weighted by Gasteiger charge is 2.26. The largest absolute Gasteiger partial charge is 0.340 e. The number of nitrogens with one attached hydrogen (secondary N) is 1. The van der Waals surface area contributed by atoms with Crippen molar-refractivity contribution in [3.63, 3.8) is 0 Å². The fraction of sp³-hybridized carbons (Fsp3) is 0.562. The van der Waals surface area contributed by atoms with Crippen molar-refractivity contribution in [2.45, 2.75) is 25.9 Å². The molecule has 0 unspecified atom stereocenters. The zero-order chi connectivity index (χ0) is 15.2. The third-order valence-electron chi connectivity index (χ3n) is 3.92. The lowest BCUT2D eigenvalue weighted by Crippen LogP contribution is -2.59. The molecule has 116 valence electrons. The minimum atomic E-state index is -0.259. The summed E-state index contributed by atoms with van der Waals surface area (Å²) < 4.78 is 13.6. The first-order chi connectivity index (χ1) is 10.1. The van der Waals surface area contributed by atoms with E-state index in [4.69, 9.17) is 0 Å². The van der Waals surface area contributed by atoms with E-state index in [1.54, 1.807) is 30.1 Å². The molecule has 1 aliphatic rings. The lowest BCUT2D eigenvalue weighted by molar-refractivity contribution is -0.132. The zero-order valence-corrected chi connectivity index (χ0v) is 12.8. The van der Waals surface area contributed by atoms with Crippen LogP contribution in [-0.4, -0.2) is 55.0 Å². The molecule has 2 rings (SSSR count). The molecular formula is C16H24FN3O. The van der Waals surface area contributed by atoms with Crippen molar-refractivity contribution >= 4 is 5.91 Å². The van der Waals surface area contributed by atoms with E-state index >= 15 is 0 Å². The number of hydrogen-bond donors (Lipinski definition) is 1. The Labute approximate surface area is 125 Å². The first-order valence-electron chi connectivity index (χ1n) is 7.54. The number of carbonyl (C=O) groups is 1. The molecule has 0 atom stereocenters. The molecule has 0 aromatic heterocycles. The number of hydrogen-bond acceptors (Lipinski definition) is 3. The maximum atomic E-state index is 13.6. The third-order valence-corrected chi connectivity index (χ3v) is 3.92. The Hall–Kier alpha value is -1.46. The second-order valence-corrected chi connectivity index (χ2v) is 5.62. The van der Waals surface area contributed by atoms with Crippen LogP contribution in [0.15, 0.2) is 24.3 Å². The molecule has 4 nitrogen and oxygen atoms in total. The van der Waals surface area contributed by atoms with Crippen LogP contribution in [0.2, 0.25) is 0 Å². The summed E-state index contributed by atoms with van der Waals surface area (Å²) in [5, 5.41) is 3.23. The molecule has 1 aromatic rings. The van der Waals surface area contributed by atoms with E-state index < -0.39 is 0 Å². The number of benzene rings is 1. The average Bonchev–Trinajstić information content (AvgIpc) is 2.39. The van der Waals surface area contributed by atoms with Crippen LogP contribution in [-0.2, 0) is 11.3 Å². The summed E-state index contributed by atoms with van der Waals surface area (Å²) in [6, 6.07) is 7.05. The van der Waals surface area contributed by atoms with Gasteiger partial charge in [-0.2, -0.15) is 0 Å². The summed E-state index contributed by atoms with van der Waals surface area (Å²) in [7, 11) is 1.73. The minimum absolute atomic E-state index is 0.0404. The maximum absolute atomic E-state index is 13.6. The molecule has 1 aromatic carbocycles. The van der Waals surface area contributed by atoms with Crippen molar-refractivity contribution in [3.05, 3.63) is 35.6 Å². The first-order valence-corrected chi connectivity index (χ1v) is 7.54. The molecule has 5 heteroatoms. The topological polar surface area (TPSA) is 35.6 Å². The van der Waals surface area contributed by atoms with Gasteiger partial charge in [0.2, 0.25) is 5.91 Å². The van der Waals surface area contributed by atoms with Crippen LogP contribution in [0.5, 0.6) is 0 Å². The van der Waals surface area contributed by atoms with E-state index in [-0.39, 0.29) is 11.7 Å². The van der Waals surface area contributed by atoms with Gasteiger partial charge in [0.05, 0.1) is 6.54 Å². The van der Waals surface area contributed by atoms with Crippen LogP contribution >= 0.6 is 0 Å². The van der Waals surface area contributed by atoms with E-state index in [1.165, 1.54) is 6.07 Å². The normalized spacial score (nSPS) is 15.0. The molecule has 0 saturated carbocycles. The SMILES string of the molecule is CCCN(CC(=O)N(C)Cc1ccccc1F)C1CNC1. The molecular weight excluding hydrogens is 269 g/mol. The smallest absolute Gasteiger partial charge is 0.236 e. The van der Waals surface area contributed by atoms with E-state index in [1.807, 2.05) is 0 Å². The Bertz CT molecular complexity index is 476. The highest BCUT2D eigenvalue weighted by molar-refractivity contribution is 5.78. The number of halogens is 1. The van der Waals surface area contributed by atoms with Crippen LogP contribution in [0.25, 0.3) is 0 Å². The van der Waals surface area contributed by atoms with Gasteiger partial charge < -0.3 is 10.2 Å². The number of likely N-dealkylation sites (N-methyl/N-ethyl adjacent to an activating group) is 1. The molecule has 0 spiro atoms. The lowest BCUT2D eigenvalue weighted by Gasteiger charge is -2.38. The van der Waals surface area contributed by atoms with Gasteiger partial charge in [-0.05, 0) is 19.0 Å². The molecule has 1 heterocycles. The van der Waals surface area contributed by atoms with Crippen LogP contribution in [0, 0.1) is 5.82 Å². The van der Waals surface area contributed by atoms with Gasteiger partial charge in [0, 0.05) is 38.3 Å². The van der Waals surface area contributed by atoms with E-state index in [0.717, 1.165) is 26.1 Å². The zero-order valence-electron chi connectivity index (χ0n) is 12.8. The van der Waals surface area contributed by atoms with Gasteiger partial charge in [-0.3, -0.25) is 9.69 Å². The van der Waals surface area contributed by atoms with Gasteiger partial charge in [0.1, 0.15) is 5.82 Å². The maximum Gasteiger partial charge on any atom is 0.236 e. The van der Waals surface area contributed by atoms with Crippen molar-refractivity contribution in [2.24, 2.45) is 0 Å². The monoisotopic (exact) mass is 293 g/mol. The molecule has 1 saturated heterocycles. The van der Waals surface area contributed by atoms with Crippen molar-refractivity contribution in [1.82, 2.24) is 15.1 Å². The molecule has 0 aliphatic carbocycles. The molecule has 0 bridgehead atoms. The summed E-state index contributed by atoms with van der Waals surface area (Å²) >= 11 is 0. The summed E-state index contributed by atoms with van der Waals surface area (Å²) in [6.45, 7) is 5.66. The second-order valence-electron chi connectivity index (χ2n) is 5.62. The van der Waals surface area contributed by atoms with E-state index in [2.05, 4.69) is 17.1 Å². The van der Waals surface area contributed by atoms with Gasteiger partial charge in [-0.15, -0.1) is 0 Å². The minimum Gasteiger partial charge on any atom is -0.340 e. The lowest BCUT2D eigenvalue weighted by atomic mass is 10.1. The first kappa shape index (κ1) is 15.9. The van der Waals surface area contributed by atoms with Crippen LogP contribution in [0.1, 0.15) is 18.9 Å². The van der Waals surface area contributed by atoms with Gasteiger partial charge in [0.25, 0.3) is 0 Å². The van der Waals surface area contributed by atoms with Crippen LogP contribution in [0.3, 0.4) is 0 Å². The van der Waals surface area contributed by atoms with E-state index in [0.29, 0.717) is 24.7 Å². The highest BCUT2D eigenvalue weighted by atomic mass is 19.1. The molecule has 1 amide bonds. The second kappa shape index (κ2) is 7.52. The highest BCUT2D eigenvalue weighted by Crippen LogP contribution is 2.11. The summed E-state index contributed by atoms with van der Waals surface area (Å²) in [5.41, 5.74) is 0.556. The average molecular weight is 293 g/mol. The van der Waals surface area contributed by atoms with Gasteiger partial charge in [0.15, 0.2) is 0 Å². The molecule has 21 heavy (non-hydrogen) atoms. The van der Waals surface area contributed by atoms with Crippen molar-refractivity contribution < 1.29 is 9.18 Å². The van der Waals surface area contributed by atoms with Crippen molar-refractivity contribution in [1.29, 1.82) is 0 Å². The number of rotatable bonds is 7. The molecule has 1 fully saturated rings. The summed E-state index contributed by atoms with van der Waals surface area (Å²) in [5.74, 6) is -0.218. The van der Waals surface area contributed by atoms with E-state index in [9.17, 15) is 9.18 Å². The molecule has 1 N–H and O–H groups in total. The van der Waals surface area contributed by atoms with Gasteiger partial charge in [-0.25, -0.2) is 4.39 Å². The van der Waals surface area contributed by atoms with Crippen molar-refractivity contribution in [2.75, 3.05) is 33.2 Å². The third kappa shape index (κ3) is 4.25. The number of nitrogens with zero attached hydrogens (tertiary/aromatic N) is 2. The quantitative estimate of drug-likeness (QED) is 0.827. The summed E-state index contributed by atoms with van der Waals surface area (Å²) in [6.07, 6.45) is 1.03. The Morgan fingerprint density at radius 2 is 2.10 bits per heavy atom. The Balaban J connectivity index is 1.90. The van der Waals surface area contributed by atoms with Crippen LogP contribution < -0.4 is 5.32 Å². The Morgan fingerprint density at radius 1 is 1.38 bits per heavy atom. The Kier molecular flexibility index (Phi) is 5.70. The van der Waals surface area contributed by atoms with Crippen LogP contribution in [0.4, 0.5) is 4.39 Å². The fourth-order valence-corrected chi connectivity index (χ4v) is 2.47. The predicted octanol–water partition coefficient (Wildman–Crippen LogP) is 1.47. The summed E-state index contributed by atoms with van der Waals surface area (Å²) in [4.78, 5) is 16.2. The predicted molar refractivity (Wildman–Crippen MR) is 81.4 cm³/mol. The molecule has 1 aliphatic heterocycles. The van der Waals surface area contributed by atoms with Crippen molar-refractivity contribution in [3.8, 4) is 0 Å². The fourth-order valence-electron chi connectivity index (χ4n) is 2.47.